The molecule has 0 spiro atoms. The predicted molar refractivity (Wildman–Crippen MR) is 70.5 cm³/mol. The standard InChI is InChI=1S/C12H14N2O.C2H6/c1-9-12(10(2)14(3)13-9)15-11-7-5-4-6-8-11;1-2/h4-8H,1-3H3;1-2H3. The summed E-state index contributed by atoms with van der Waals surface area (Å²) in [7, 11) is 1.92. The number of ether oxygens (including phenoxy) is 1. The number of nitrogens with zero attached hydrogens (tertiary/aromatic N) is 2. The van der Waals surface area contributed by atoms with Gasteiger partial charge in [-0.3, -0.25) is 4.68 Å². The van der Waals surface area contributed by atoms with Crippen LogP contribution in [-0.2, 0) is 7.05 Å². The van der Waals surface area contributed by atoms with Gasteiger partial charge in [-0.1, -0.05) is 32.0 Å². The fourth-order valence-corrected chi connectivity index (χ4v) is 1.51. The van der Waals surface area contributed by atoms with E-state index in [0.29, 0.717) is 0 Å². The minimum absolute atomic E-state index is 0.844. The van der Waals surface area contributed by atoms with Crippen LogP contribution in [-0.4, -0.2) is 9.78 Å². The highest BCUT2D eigenvalue weighted by Gasteiger charge is 2.10. The Morgan fingerprint density at radius 3 is 2.12 bits per heavy atom. The summed E-state index contributed by atoms with van der Waals surface area (Å²) in [5.41, 5.74) is 1.95. The molecule has 0 unspecified atom stereocenters. The van der Waals surface area contributed by atoms with Crippen LogP contribution >= 0.6 is 0 Å². The summed E-state index contributed by atoms with van der Waals surface area (Å²) in [4.78, 5) is 0. The Morgan fingerprint density at radius 1 is 1.06 bits per heavy atom. The molecule has 1 aromatic carbocycles. The maximum atomic E-state index is 5.78. The van der Waals surface area contributed by atoms with Crippen LogP contribution in [0.15, 0.2) is 30.3 Å². The number of aryl methyl sites for hydroxylation is 2. The van der Waals surface area contributed by atoms with E-state index >= 15 is 0 Å². The molecule has 3 nitrogen and oxygen atoms in total. The zero-order valence-corrected chi connectivity index (χ0v) is 11.2. The Labute approximate surface area is 103 Å². The van der Waals surface area contributed by atoms with E-state index in [-0.39, 0.29) is 0 Å². The summed E-state index contributed by atoms with van der Waals surface area (Å²) < 4.78 is 7.60. The van der Waals surface area contributed by atoms with Crippen LogP contribution in [0.2, 0.25) is 0 Å². The molecule has 0 aliphatic rings. The maximum Gasteiger partial charge on any atom is 0.171 e. The van der Waals surface area contributed by atoms with E-state index in [1.165, 1.54) is 0 Å². The number of hydrogen-bond acceptors (Lipinski definition) is 2. The molecule has 0 saturated carbocycles. The Balaban J connectivity index is 0.000000686. The van der Waals surface area contributed by atoms with Gasteiger partial charge in [0.05, 0.1) is 5.69 Å². The monoisotopic (exact) mass is 232 g/mol. The van der Waals surface area contributed by atoms with Gasteiger partial charge in [-0.25, -0.2) is 0 Å². The van der Waals surface area contributed by atoms with Crippen LogP contribution in [0.4, 0.5) is 0 Å². The summed E-state index contributed by atoms with van der Waals surface area (Å²) in [6.45, 7) is 7.95. The molecule has 0 aliphatic carbocycles. The molecule has 3 heteroatoms. The van der Waals surface area contributed by atoms with Gasteiger partial charge >= 0.3 is 0 Å². The largest absolute Gasteiger partial charge is 0.453 e. The average molecular weight is 232 g/mol. The molecular formula is C14H20N2O. The van der Waals surface area contributed by atoms with Crippen LogP contribution in [0.1, 0.15) is 25.2 Å². The Hall–Kier alpha value is -1.77. The van der Waals surface area contributed by atoms with Gasteiger partial charge in [-0.2, -0.15) is 5.10 Å². The SMILES string of the molecule is CC.Cc1nn(C)c(C)c1Oc1ccccc1. The van der Waals surface area contributed by atoms with Gasteiger partial charge in [-0.05, 0) is 26.0 Å². The second-order valence-electron chi connectivity index (χ2n) is 3.54. The van der Waals surface area contributed by atoms with E-state index in [9.17, 15) is 0 Å². The number of rotatable bonds is 2. The van der Waals surface area contributed by atoms with Gasteiger partial charge in [0.25, 0.3) is 0 Å². The zero-order chi connectivity index (χ0) is 12.8. The lowest BCUT2D eigenvalue weighted by molar-refractivity contribution is 0.474. The second-order valence-corrected chi connectivity index (χ2v) is 3.54. The molecule has 1 heterocycles. The highest BCUT2D eigenvalue weighted by Crippen LogP contribution is 2.27. The Bertz CT molecular complexity index is 461. The predicted octanol–water partition coefficient (Wildman–Crippen LogP) is 3.86. The van der Waals surface area contributed by atoms with Crippen molar-refractivity contribution in [1.29, 1.82) is 0 Å². The molecule has 2 rings (SSSR count). The van der Waals surface area contributed by atoms with Gasteiger partial charge in [0, 0.05) is 7.05 Å². The molecule has 0 atom stereocenters. The third-order valence-corrected chi connectivity index (χ3v) is 2.41. The van der Waals surface area contributed by atoms with Crippen molar-refractivity contribution < 1.29 is 4.74 Å². The van der Waals surface area contributed by atoms with Crippen molar-refractivity contribution in [2.45, 2.75) is 27.7 Å². The molecule has 0 amide bonds. The Kier molecular flexibility index (Phi) is 4.76. The fourth-order valence-electron chi connectivity index (χ4n) is 1.51. The summed E-state index contributed by atoms with van der Waals surface area (Å²) >= 11 is 0. The highest BCUT2D eigenvalue weighted by molar-refractivity contribution is 5.37. The second kappa shape index (κ2) is 6.09. The van der Waals surface area contributed by atoms with Crippen LogP contribution in [0.25, 0.3) is 0 Å². The molecule has 0 aliphatic heterocycles. The van der Waals surface area contributed by atoms with E-state index < -0.39 is 0 Å². The number of benzene rings is 1. The first-order valence-electron chi connectivity index (χ1n) is 5.91. The highest BCUT2D eigenvalue weighted by atomic mass is 16.5. The van der Waals surface area contributed by atoms with Gasteiger partial charge in [0.2, 0.25) is 0 Å². The van der Waals surface area contributed by atoms with Crippen LogP contribution in [0.3, 0.4) is 0 Å². The molecule has 0 radical (unpaired) electrons. The molecule has 92 valence electrons. The van der Waals surface area contributed by atoms with Gasteiger partial charge in [0.1, 0.15) is 11.4 Å². The number of aromatic nitrogens is 2. The van der Waals surface area contributed by atoms with E-state index in [1.54, 1.807) is 0 Å². The first-order valence-corrected chi connectivity index (χ1v) is 5.91. The third kappa shape index (κ3) is 3.09. The first-order chi connectivity index (χ1) is 8.18. The van der Waals surface area contributed by atoms with E-state index in [0.717, 1.165) is 22.9 Å². The summed E-state index contributed by atoms with van der Waals surface area (Å²) in [6, 6.07) is 9.75. The van der Waals surface area contributed by atoms with Crippen molar-refractivity contribution in [1.82, 2.24) is 9.78 Å². The zero-order valence-electron chi connectivity index (χ0n) is 11.2. The lowest BCUT2D eigenvalue weighted by Crippen LogP contribution is -1.93. The molecule has 0 bridgehead atoms. The molecule has 1 aromatic heterocycles. The smallest absolute Gasteiger partial charge is 0.171 e. The van der Waals surface area contributed by atoms with Crippen LogP contribution in [0.5, 0.6) is 11.5 Å². The van der Waals surface area contributed by atoms with Gasteiger partial charge in [-0.15, -0.1) is 0 Å². The van der Waals surface area contributed by atoms with Crippen molar-refractivity contribution in [2.24, 2.45) is 7.05 Å². The van der Waals surface area contributed by atoms with Crippen LogP contribution < -0.4 is 4.74 Å². The third-order valence-electron chi connectivity index (χ3n) is 2.41. The number of hydrogen-bond donors (Lipinski definition) is 0. The summed E-state index contributed by atoms with van der Waals surface area (Å²) in [5, 5.41) is 4.30. The quantitative estimate of drug-likeness (QED) is 0.786. The molecule has 17 heavy (non-hydrogen) atoms. The van der Waals surface area contributed by atoms with Gasteiger partial charge < -0.3 is 4.74 Å². The van der Waals surface area contributed by atoms with E-state index in [2.05, 4.69) is 5.10 Å². The van der Waals surface area contributed by atoms with Crippen LogP contribution in [0, 0.1) is 13.8 Å². The fraction of sp³-hybridized carbons (Fsp3) is 0.357. The topological polar surface area (TPSA) is 27.1 Å². The lowest BCUT2D eigenvalue weighted by atomic mass is 10.3. The van der Waals surface area contributed by atoms with E-state index in [4.69, 9.17) is 4.74 Å². The summed E-state index contributed by atoms with van der Waals surface area (Å²) in [6.07, 6.45) is 0. The molecule has 0 saturated heterocycles. The van der Waals surface area contributed by atoms with Crippen molar-refractivity contribution in [3.05, 3.63) is 41.7 Å². The molecule has 0 fully saturated rings. The lowest BCUT2D eigenvalue weighted by Gasteiger charge is -2.05. The van der Waals surface area contributed by atoms with Crippen molar-refractivity contribution in [3.63, 3.8) is 0 Å². The minimum atomic E-state index is 0.844. The summed E-state index contributed by atoms with van der Waals surface area (Å²) in [5.74, 6) is 1.69. The van der Waals surface area contributed by atoms with Gasteiger partial charge in [0.15, 0.2) is 5.75 Å². The minimum Gasteiger partial charge on any atom is -0.453 e. The van der Waals surface area contributed by atoms with Crippen molar-refractivity contribution in [3.8, 4) is 11.5 Å². The maximum absolute atomic E-state index is 5.78. The van der Waals surface area contributed by atoms with Crippen molar-refractivity contribution >= 4 is 0 Å². The van der Waals surface area contributed by atoms with E-state index in [1.807, 2.05) is 69.8 Å². The molecular weight excluding hydrogens is 212 g/mol. The number of para-hydroxylation sites is 1. The molecule has 0 N–H and O–H groups in total. The molecule has 2 aromatic rings. The normalized spacial score (nSPS) is 9.47. The van der Waals surface area contributed by atoms with Crippen molar-refractivity contribution in [2.75, 3.05) is 0 Å². The Morgan fingerprint density at radius 2 is 1.65 bits per heavy atom. The average Bonchev–Trinajstić information content (AvgIpc) is 2.60. The first kappa shape index (κ1) is 13.3.